The van der Waals surface area contributed by atoms with E-state index in [2.05, 4.69) is 11.4 Å². The van der Waals surface area contributed by atoms with Crippen molar-refractivity contribution in [2.45, 2.75) is 12.8 Å². The highest BCUT2D eigenvalue weighted by Gasteiger charge is 2.44. The Hall–Kier alpha value is -1.97. The third-order valence-corrected chi connectivity index (χ3v) is 4.76. The summed E-state index contributed by atoms with van der Waals surface area (Å²) in [5, 5.41) is 13.1. The van der Waals surface area contributed by atoms with Crippen LogP contribution in [0.25, 0.3) is 0 Å². The van der Waals surface area contributed by atoms with Gasteiger partial charge in [-0.25, -0.2) is 0 Å². The molecule has 0 saturated carbocycles. The van der Waals surface area contributed by atoms with Crippen molar-refractivity contribution >= 4 is 35.2 Å². The SMILES string of the molecule is CCSC1=C(C#N)[C@H](c2ccccc2Cl)[C@@H](C(=O)OC)C(=O)N1. The first-order valence-corrected chi connectivity index (χ1v) is 8.31. The van der Waals surface area contributed by atoms with Gasteiger partial charge in [-0.2, -0.15) is 5.26 Å². The van der Waals surface area contributed by atoms with E-state index in [0.29, 0.717) is 26.9 Å². The molecule has 0 radical (unpaired) electrons. The molecule has 0 aliphatic carbocycles. The molecular formula is C16H15ClN2O3S. The number of nitrogens with zero attached hydrogens (tertiary/aromatic N) is 1. The lowest BCUT2D eigenvalue weighted by Crippen LogP contribution is -2.44. The van der Waals surface area contributed by atoms with Crippen LogP contribution < -0.4 is 5.32 Å². The van der Waals surface area contributed by atoms with E-state index in [4.69, 9.17) is 16.3 Å². The molecule has 7 heteroatoms. The van der Waals surface area contributed by atoms with Gasteiger partial charge in [0, 0.05) is 10.9 Å². The van der Waals surface area contributed by atoms with Gasteiger partial charge in [-0.1, -0.05) is 36.7 Å². The van der Waals surface area contributed by atoms with Gasteiger partial charge in [0.25, 0.3) is 0 Å². The molecule has 0 bridgehead atoms. The zero-order valence-electron chi connectivity index (χ0n) is 12.6. The van der Waals surface area contributed by atoms with Crippen LogP contribution in [0.1, 0.15) is 18.4 Å². The van der Waals surface area contributed by atoms with E-state index >= 15 is 0 Å². The first-order chi connectivity index (χ1) is 11.0. The summed E-state index contributed by atoms with van der Waals surface area (Å²) in [5.74, 6) is -2.41. The average Bonchev–Trinajstić information content (AvgIpc) is 2.54. The predicted molar refractivity (Wildman–Crippen MR) is 88.6 cm³/mol. The first-order valence-electron chi connectivity index (χ1n) is 6.95. The molecule has 1 aliphatic rings. The fourth-order valence-corrected chi connectivity index (χ4v) is 3.57. The number of hydrogen-bond acceptors (Lipinski definition) is 5. The summed E-state index contributed by atoms with van der Waals surface area (Å²) in [7, 11) is 1.21. The highest BCUT2D eigenvalue weighted by Crippen LogP contribution is 2.42. The topological polar surface area (TPSA) is 79.2 Å². The van der Waals surface area contributed by atoms with E-state index in [1.807, 2.05) is 6.92 Å². The summed E-state index contributed by atoms with van der Waals surface area (Å²) in [6.07, 6.45) is 0. The summed E-state index contributed by atoms with van der Waals surface area (Å²) in [4.78, 5) is 24.6. The predicted octanol–water partition coefficient (Wildman–Crippen LogP) is 2.83. The second-order valence-electron chi connectivity index (χ2n) is 4.78. The van der Waals surface area contributed by atoms with Crippen molar-refractivity contribution in [1.82, 2.24) is 5.32 Å². The quantitative estimate of drug-likeness (QED) is 0.667. The average molecular weight is 351 g/mol. The molecule has 1 aliphatic heterocycles. The van der Waals surface area contributed by atoms with Crippen molar-refractivity contribution in [3.8, 4) is 6.07 Å². The van der Waals surface area contributed by atoms with Crippen LogP contribution in [0.2, 0.25) is 5.02 Å². The summed E-state index contributed by atoms with van der Waals surface area (Å²) in [6, 6.07) is 9.01. The van der Waals surface area contributed by atoms with Crippen LogP contribution in [0.15, 0.2) is 34.9 Å². The van der Waals surface area contributed by atoms with Gasteiger partial charge in [0.1, 0.15) is 5.92 Å². The summed E-state index contributed by atoms with van der Waals surface area (Å²) in [5.41, 5.74) is 0.880. The zero-order chi connectivity index (χ0) is 17.0. The van der Waals surface area contributed by atoms with Gasteiger partial charge in [0.2, 0.25) is 5.91 Å². The standard InChI is InChI=1S/C16H15ClN2O3S/c1-3-23-15-10(8-18)12(9-6-4-5-7-11(9)17)13(14(20)19-15)16(21)22-2/h4-7,12-13H,3H2,1-2H3,(H,19,20)/t12-,13+/m0/s1. The Bertz CT molecular complexity index is 712. The maximum absolute atomic E-state index is 12.4. The van der Waals surface area contributed by atoms with Crippen molar-refractivity contribution in [2.75, 3.05) is 12.9 Å². The van der Waals surface area contributed by atoms with Crippen molar-refractivity contribution < 1.29 is 14.3 Å². The van der Waals surface area contributed by atoms with Gasteiger partial charge in [-0.15, -0.1) is 11.8 Å². The highest BCUT2D eigenvalue weighted by atomic mass is 35.5. The number of nitriles is 1. The van der Waals surface area contributed by atoms with Crippen LogP contribution in [-0.4, -0.2) is 24.7 Å². The minimum atomic E-state index is -1.14. The molecule has 1 N–H and O–H groups in total. The number of amides is 1. The molecule has 1 aromatic rings. The number of esters is 1. The lowest BCUT2D eigenvalue weighted by atomic mass is 9.78. The first kappa shape index (κ1) is 17.4. The maximum atomic E-state index is 12.4. The fourth-order valence-electron chi connectivity index (χ4n) is 2.53. The number of carbonyl (C=O) groups is 2. The molecule has 120 valence electrons. The van der Waals surface area contributed by atoms with Gasteiger partial charge in [0.15, 0.2) is 0 Å². The minimum absolute atomic E-state index is 0.319. The number of rotatable bonds is 4. The second-order valence-corrected chi connectivity index (χ2v) is 6.46. The number of benzene rings is 1. The third-order valence-electron chi connectivity index (χ3n) is 3.51. The molecule has 0 fully saturated rings. The number of carbonyl (C=O) groups excluding carboxylic acids is 2. The number of methoxy groups -OCH3 is 1. The molecule has 1 aromatic carbocycles. The zero-order valence-corrected chi connectivity index (χ0v) is 14.2. The molecule has 0 aromatic heterocycles. The van der Waals surface area contributed by atoms with Gasteiger partial charge >= 0.3 is 5.97 Å². The molecular weight excluding hydrogens is 336 g/mol. The molecule has 0 unspecified atom stereocenters. The summed E-state index contributed by atoms with van der Waals surface area (Å²) >= 11 is 7.59. The molecule has 0 spiro atoms. The largest absolute Gasteiger partial charge is 0.468 e. The number of halogens is 1. The van der Waals surface area contributed by atoms with E-state index in [0.717, 1.165) is 0 Å². The Morgan fingerprint density at radius 2 is 2.17 bits per heavy atom. The van der Waals surface area contributed by atoms with Crippen LogP contribution in [-0.2, 0) is 14.3 Å². The Balaban J connectivity index is 2.67. The monoisotopic (exact) mass is 350 g/mol. The van der Waals surface area contributed by atoms with Crippen molar-refractivity contribution in [2.24, 2.45) is 5.92 Å². The van der Waals surface area contributed by atoms with E-state index in [-0.39, 0.29) is 0 Å². The third kappa shape index (κ3) is 3.36. The number of nitrogens with one attached hydrogen (secondary N) is 1. The Kier molecular flexibility index (Phi) is 5.69. The number of thioether (sulfide) groups is 1. The van der Waals surface area contributed by atoms with Gasteiger partial charge < -0.3 is 10.1 Å². The van der Waals surface area contributed by atoms with Crippen molar-refractivity contribution in [3.63, 3.8) is 0 Å². The molecule has 2 atom stereocenters. The highest BCUT2D eigenvalue weighted by molar-refractivity contribution is 8.03. The van der Waals surface area contributed by atoms with E-state index in [1.54, 1.807) is 24.3 Å². The molecule has 5 nitrogen and oxygen atoms in total. The maximum Gasteiger partial charge on any atom is 0.319 e. The molecule has 1 amide bonds. The number of allylic oxidation sites excluding steroid dienone is 1. The van der Waals surface area contributed by atoms with Gasteiger partial charge in [0.05, 0.1) is 23.8 Å². The number of hydrogen-bond donors (Lipinski definition) is 1. The smallest absolute Gasteiger partial charge is 0.319 e. The molecule has 1 heterocycles. The molecule has 2 rings (SSSR count). The van der Waals surface area contributed by atoms with Gasteiger partial charge in [-0.3, -0.25) is 9.59 Å². The molecule has 0 saturated heterocycles. The van der Waals surface area contributed by atoms with Gasteiger partial charge in [-0.05, 0) is 17.4 Å². The Morgan fingerprint density at radius 3 is 2.74 bits per heavy atom. The van der Waals surface area contributed by atoms with E-state index in [1.165, 1.54) is 18.9 Å². The Morgan fingerprint density at radius 1 is 1.48 bits per heavy atom. The fraction of sp³-hybridized carbons (Fsp3) is 0.312. The lowest BCUT2D eigenvalue weighted by molar-refractivity contribution is -0.150. The van der Waals surface area contributed by atoms with E-state index < -0.39 is 23.7 Å². The number of ether oxygens (including phenoxy) is 1. The summed E-state index contributed by atoms with van der Waals surface area (Å²) < 4.78 is 4.76. The molecule has 23 heavy (non-hydrogen) atoms. The minimum Gasteiger partial charge on any atom is -0.468 e. The van der Waals surface area contributed by atoms with Crippen LogP contribution in [0.4, 0.5) is 0 Å². The Labute approximate surface area is 143 Å². The van der Waals surface area contributed by atoms with Crippen LogP contribution in [0, 0.1) is 17.2 Å². The van der Waals surface area contributed by atoms with Crippen LogP contribution >= 0.6 is 23.4 Å². The normalized spacial score (nSPS) is 20.7. The van der Waals surface area contributed by atoms with Crippen LogP contribution in [0.5, 0.6) is 0 Å². The van der Waals surface area contributed by atoms with E-state index in [9.17, 15) is 14.9 Å². The van der Waals surface area contributed by atoms with Crippen molar-refractivity contribution in [1.29, 1.82) is 5.26 Å². The van der Waals surface area contributed by atoms with Crippen molar-refractivity contribution in [3.05, 3.63) is 45.5 Å². The van der Waals surface area contributed by atoms with Crippen LogP contribution in [0.3, 0.4) is 0 Å². The summed E-state index contributed by atoms with van der Waals surface area (Å²) in [6.45, 7) is 1.91. The second kappa shape index (κ2) is 7.53. The lowest BCUT2D eigenvalue weighted by Gasteiger charge is -2.31.